The van der Waals surface area contributed by atoms with E-state index in [2.05, 4.69) is 41.0 Å². The number of rotatable bonds is 6. The van der Waals surface area contributed by atoms with Crippen LogP contribution in [0.15, 0.2) is 55.0 Å². The van der Waals surface area contributed by atoms with Gasteiger partial charge in [0.2, 0.25) is 0 Å². The summed E-state index contributed by atoms with van der Waals surface area (Å²) in [7, 11) is 0. The van der Waals surface area contributed by atoms with Crippen molar-refractivity contribution in [1.82, 2.24) is 45.7 Å². The first-order valence-corrected chi connectivity index (χ1v) is 8.24. The molecular formula is C17H15N9O. The number of tetrazole rings is 1. The van der Waals surface area contributed by atoms with Gasteiger partial charge in [0.1, 0.15) is 17.8 Å². The van der Waals surface area contributed by atoms with Crippen LogP contribution in [0.25, 0.3) is 17.1 Å². The zero-order valence-electron chi connectivity index (χ0n) is 14.1. The first-order chi connectivity index (χ1) is 13.3. The van der Waals surface area contributed by atoms with E-state index in [-0.39, 0.29) is 5.91 Å². The molecule has 0 saturated heterocycles. The van der Waals surface area contributed by atoms with Crippen molar-refractivity contribution in [2.75, 3.05) is 6.54 Å². The third kappa shape index (κ3) is 3.84. The van der Waals surface area contributed by atoms with Gasteiger partial charge < -0.3 is 5.32 Å². The minimum Gasteiger partial charge on any atom is -0.350 e. The quantitative estimate of drug-likeness (QED) is 0.520. The number of nitrogens with one attached hydrogen (secondary N) is 2. The Morgan fingerprint density at radius 2 is 2.07 bits per heavy atom. The predicted molar refractivity (Wildman–Crippen MR) is 94.8 cm³/mol. The van der Waals surface area contributed by atoms with Gasteiger partial charge >= 0.3 is 0 Å². The van der Waals surface area contributed by atoms with Crippen LogP contribution in [0, 0.1) is 0 Å². The van der Waals surface area contributed by atoms with E-state index in [4.69, 9.17) is 0 Å². The van der Waals surface area contributed by atoms with Gasteiger partial charge in [0.25, 0.3) is 5.91 Å². The summed E-state index contributed by atoms with van der Waals surface area (Å²) < 4.78 is 1.36. The monoisotopic (exact) mass is 361 g/mol. The van der Waals surface area contributed by atoms with Crippen LogP contribution in [0.2, 0.25) is 0 Å². The largest absolute Gasteiger partial charge is 0.350 e. The average Bonchev–Trinajstić information content (AvgIpc) is 3.40. The number of nitrogens with zero attached hydrogens (tertiary/aromatic N) is 7. The molecule has 0 unspecified atom stereocenters. The van der Waals surface area contributed by atoms with Crippen molar-refractivity contribution in [3.05, 3.63) is 66.5 Å². The van der Waals surface area contributed by atoms with E-state index in [0.717, 1.165) is 11.3 Å². The van der Waals surface area contributed by atoms with Crippen molar-refractivity contribution >= 4 is 5.91 Å². The van der Waals surface area contributed by atoms with Crippen LogP contribution < -0.4 is 5.32 Å². The summed E-state index contributed by atoms with van der Waals surface area (Å²) in [4.78, 5) is 21.0. The van der Waals surface area contributed by atoms with Crippen LogP contribution in [0.4, 0.5) is 0 Å². The highest BCUT2D eigenvalue weighted by molar-refractivity contribution is 5.92. The molecular weight excluding hydrogens is 346 g/mol. The molecule has 3 heterocycles. The van der Waals surface area contributed by atoms with Crippen molar-refractivity contribution in [3.63, 3.8) is 0 Å². The zero-order chi connectivity index (χ0) is 18.5. The summed E-state index contributed by atoms with van der Waals surface area (Å²) >= 11 is 0. The second-order valence-corrected chi connectivity index (χ2v) is 5.62. The Morgan fingerprint density at radius 1 is 1.19 bits per heavy atom. The maximum Gasteiger partial charge on any atom is 0.269 e. The normalized spacial score (nSPS) is 10.7. The summed E-state index contributed by atoms with van der Waals surface area (Å²) in [5, 5.41) is 20.3. The van der Waals surface area contributed by atoms with E-state index in [1.165, 1.54) is 11.0 Å². The second kappa shape index (κ2) is 7.52. The lowest BCUT2D eigenvalue weighted by Gasteiger charge is -2.05. The van der Waals surface area contributed by atoms with E-state index in [1.54, 1.807) is 12.3 Å². The predicted octanol–water partition coefficient (Wildman–Crippen LogP) is 0.815. The van der Waals surface area contributed by atoms with Crippen molar-refractivity contribution < 1.29 is 4.79 Å². The summed E-state index contributed by atoms with van der Waals surface area (Å²) in [6.45, 7) is 0.399. The second-order valence-electron chi connectivity index (χ2n) is 5.62. The topological polar surface area (TPSA) is 127 Å². The van der Waals surface area contributed by atoms with E-state index >= 15 is 0 Å². The summed E-state index contributed by atoms with van der Waals surface area (Å²) in [5.41, 5.74) is 2.20. The number of carbonyl (C=O) groups is 1. The molecule has 0 atom stereocenters. The van der Waals surface area contributed by atoms with Gasteiger partial charge in [-0.2, -0.15) is 9.78 Å². The molecule has 0 aliphatic carbocycles. The fourth-order valence-corrected chi connectivity index (χ4v) is 2.48. The molecule has 4 aromatic rings. The zero-order valence-corrected chi connectivity index (χ0v) is 14.1. The van der Waals surface area contributed by atoms with E-state index < -0.39 is 0 Å². The third-order valence-electron chi connectivity index (χ3n) is 3.80. The minimum atomic E-state index is -0.277. The molecule has 10 nitrogen and oxygen atoms in total. The molecule has 4 rings (SSSR count). The number of hydrogen-bond acceptors (Lipinski definition) is 7. The van der Waals surface area contributed by atoms with Crippen LogP contribution in [-0.2, 0) is 6.42 Å². The number of aromatic amines is 1. The number of amides is 1. The van der Waals surface area contributed by atoms with Gasteiger partial charge in [-0.05, 0) is 16.5 Å². The molecule has 3 aromatic heterocycles. The number of hydrogen-bond donors (Lipinski definition) is 2. The van der Waals surface area contributed by atoms with E-state index in [9.17, 15) is 4.79 Å². The number of benzene rings is 1. The number of H-pyrrole nitrogens is 1. The molecule has 0 bridgehead atoms. The Labute approximate surface area is 153 Å². The fourth-order valence-electron chi connectivity index (χ4n) is 2.48. The van der Waals surface area contributed by atoms with Gasteiger partial charge in [0.05, 0.1) is 5.69 Å². The van der Waals surface area contributed by atoms with E-state index in [1.807, 2.05) is 36.4 Å². The Bertz CT molecular complexity index is 1030. The van der Waals surface area contributed by atoms with Gasteiger partial charge in [-0.25, -0.2) is 9.97 Å². The van der Waals surface area contributed by atoms with Gasteiger partial charge in [0, 0.05) is 30.8 Å². The van der Waals surface area contributed by atoms with Gasteiger partial charge in [-0.3, -0.25) is 9.89 Å². The minimum absolute atomic E-state index is 0.277. The maximum absolute atomic E-state index is 12.2. The molecule has 0 fully saturated rings. The summed E-state index contributed by atoms with van der Waals surface area (Å²) in [6, 6.07) is 13.3. The molecule has 0 aliphatic heterocycles. The average molecular weight is 361 g/mol. The van der Waals surface area contributed by atoms with Crippen LogP contribution >= 0.6 is 0 Å². The molecule has 134 valence electrons. The van der Waals surface area contributed by atoms with Gasteiger partial charge in [-0.1, -0.05) is 30.3 Å². The lowest BCUT2D eigenvalue weighted by atomic mass is 10.1. The summed E-state index contributed by atoms with van der Waals surface area (Å²) in [5.74, 6) is 0.820. The van der Waals surface area contributed by atoms with Gasteiger partial charge in [0.15, 0.2) is 5.82 Å². The van der Waals surface area contributed by atoms with Crippen LogP contribution in [-0.4, -0.2) is 52.8 Å². The molecule has 1 amide bonds. The Kier molecular flexibility index (Phi) is 4.60. The summed E-state index contributed by atoms with van der Waals surface area (Å²) in [6.07, 6.45) is 3.63. The highest BCUT2D eigenvalue weighted by Crippen LogP contribution is 2.15. The number of aromatic nitrogens is 8. The van der Waals surface area contributed by atoms with Crippen LogP contribution in [0.1, 0.15) is 16.3 Å². The third-order valence-corrected chi connectivity index (χ3v) is 3.80. The highest BCUT2D eigenvalue weighted by Gasteiger charge is 2.11. The van der Waals surface area contributed by atoms with Crippen LogP contribution in [0.3, 0.4) is 0 Å². The van der Waals surface area contributed by atoms with Crippen molar-refractivity contribution in [3.8, 4) is 17.1 Å². The van der Waals surface area contributed by atoms with Gasteiger partial charge in [-0.15, -0.1) is 5.10 Å². The van der Waals surface area contributed by atoms with Crippen molar-refractivity contribution in [1.29, 1.82) is 0 Å². The van der Waals surface area contributed by atoms with Crippen molar-refractivity contribution in [2.45, 2.75) is 6.42 Å². The number of carbonyl (C=O) groups excluding carboxylic acids is 1. The lowest BCUT2D eigenvalue weighted by Crippen LogP contribution is -2.26. The SMILES string of the molecule is O=C(NCCc1nccc(-c2ccccc2)n1)c1cc(-n2cnnn2)n[nH]1. The van der Waals surface area contributed by atoms with E-state index in [0.29, 0.717) is 30.3 Å². The Morgan fingerprint density at radius 3 is 2.89 bits per heavy atom. The maximum atomic E-state index is 12.2. The highest BCUT2D eigenvalue weighted by atomic mass is 16.1. The van der Waals surface area contributed by atoms with Crippen molar-refractivity contribution in [2.24, 2.45) is 0 Å². The molecule has 0 spiro atoms. The Balaban J connectivity index is 1.35. The van der Waals surface area contributed by atoms with Crippen LogP contribution in [0.5, 0.6) is 0 Å². The molecule has 2 N–H and O–H groups in total. The Hall–Kier alpha value is -3.95. The standard InChI is InChI=1S/C17H15N9O/c27-17(14-10-16(23-22-14)26-11-20-24-25-26)19-9-7-15-18-8-6-13(21-15)12-4-2-1-3-5-12/h1-6,8,10-11H,7,9H2,(H,19,27)(H,22,23). The first kappa shape index (κ1) is 16.5. The molecule has 10 heteroatoms. The molecule has 0 saturated carbocycles. The lowest BCUT2D eigenvalue weighted by molar-refractivity contribution is 0.0949. The molecule has 0 radical (unpaired) electrons. The molecule has 0 aliphatic rings. The smallest absolute Gasteiger partial charge is 0.269 e. The molecule has 27 heavy (non-hydrogen) atoms. The first-order valence-electron chi connectivity index (χ1n) is 8.24. The molecule has 1 aromatic carbocycles. The fraction of sp³-hybridized carbons (Fsp3) is 0.118.